The maximum absolute atomic E-state index is 11.9. The minimum absolute atomic E-state index is 0.0366. The molecule has 0 bridgehead atoms. The van der Waals surface area contributed by atoms with E-state index in [1.807, 2.05) is 18.2 Å². The van der Waals surface area contributed by atoms with Crippen LogP contribution in [-0.4, -0.2) is 24.8 Å². The monoisotopic (exact) mass is 312 g/mol. The van der Waals surface area contributed by atoms with E-state index in [9.17, 15) is 9.90 Å². The Morgan fingerprint density at radius 1 is 1.22 bits per heavy atom. The van der Waals surface area contributed by atoms with Crippen LogP contribution >= 0.6 is 0 Å². The maximum atomic E-state index is 11.9. The van der Waals surface area contributed by atoms with Crippen molar-refractivity contribution in [2.45, 2.75) is 26.2 Å². The number of carbonyl (C=O) groups excluding carboxylic acids is 1. The fraction of sp³-hybridized carbons (Fsp3) is 0.316. The quantitative estimate of drug-likeness (QED) is 0.856. The first-order valence-corrected chi connectivity index (χ1v) is 7.53. The lowest BCUT2D eigenvalue weighted by atomic mass is 9.85. The molecule has 1 heterocycles. The van der Waals surface area contributed by atoms with Gasteiger partial charge in [0.25, 0.3) is 0 Å². The van der Waals surface area contributed by atoms with E-state index < -0.39 is 5.97 Å². The highest BCUT2D eigenvalue weighted by molar-refractivity contribution is 5.94. The summed E-state index contributed by atoms with van der Waals surface area (Å²) in [7, 11) is 1.30. The van der Waals surface area contributed by atoms with E-state index in [-0.39, 0.29) is 16.7 Å². The number of carbonyl (C=O) groups is 1. The number of aromatic hydroxyl groups is 1. The number of hydrogen-bond donors (Lipinski definition) is 1. The topological polar surface area (TPSA) is 55.8 Å². The fourth-order valence-corrected chi connectivity index (χ4v) is 2.91. The van der Waals surface area contributed by atoms with Crippen molar-refractivity contribution in [2.24, 2.45) is 0 Å². The van der Waals surface area contributed by atoms with Crippen LogP contribution in [0.3, 0.4) is 0 Å². The standard InChI is InChI=1S/C19H20O4/c1-11-7-13(8-14(17(11)20)18(21)22-4)12-5-6-16-15(9-12)19(2,3)10-23-16/h5-9,20H,10H2,1-4H3. The van der Waals surface area contributed by atoms with Crippen molar-refractivity contribution in [1.29, 1.82) is 0 Å². The van der Waals surface area contributed by atoms with Gasteiger partial charge in [0.05, 0.1) is 13.7 Å². The Bertz CT molecular complexity index is 790. The molecule has 0 spiro atoms. The fourth-order valence-electron chi connectivity index (χ4n) is 2.91. The van der Waals surface area contributed by atoms with Crippen molar-refractivity contribution >= 4 is 5.97 Å². The van der Waals surface area contributed by atoms with Gasteiger partial charge in [-0.1, -0.05) is 19.9 Å². The summed E-state index contributed by atoms with van der Waals surface area (Å²) in [6.07, 6.45) is 0. The molecular formula is C19H20O4. The first-order valence-electron chi connectivity index (χ1n) is 7.53. The van der Waals surface area contributed by atoms with Gasteiger partial charge >= 0.3 is 5.97 Å². The molecule has 120 valence electrons. The number of hydrogen-bond acceptors (Lipinski definition) is 4. The molecule has 2 aromatic carbocycles. The Kier molecular flexibility index (Phi) is 3.55. The van der Waals surface area contributed by atoms with Gasteiger partial charge in [-0.25, -0.2) is 4.79 Å². The molecule has 0 radical (unpaired) electrons. The summed E-state index contributed by atoms with van der Waals surface area (Å²) >= 11 is 0. The Morgan fingerprint density at radius 2 is 1.96 bits per heavy atom. The molecule has 0 amide bonds. The van der Waals surface area contributed by atoms with Gasteiger partial charge in [-0.05, 0) is 47.9 Å². The zero-order valence-corrected chi connectivity index (χ0v) is 13.8. The SMILES string of the molecule is COC(=O)c1cc(-c2ccc3c(c2)C(C)(C)CO3)cc(C)c1O. The van der Waals surface area contributed by atoms with Crippen molar-refractivity contribution in [1.82, 2.24) is 0 Å². The highest BCUT2D eigenvalue weighted by atomic mass is 16.5. The first kappa shape index (κ1) is 15.4. The molecule has 0 saturated carbocycles. The summed E-state index contributed by atoms with van der Waals surface area (Å²) in [5.74, 6) is 0.324. The summed E-state index contributed by atoms with van der Waals surface area (Å²) in [4.78, 5) is 11.9. The van der Waals surface area contributed by atoms with Gasteiger partial charge < -0.3 is 14.6 Å². The molecule has 23 heavy (non-hydrogen) atoms. The number of phenolic OH excluding ortho intramolecular Hbond substituents is 1. The summed E-state index contributed by atoms with van der Waals surface area (Å²) < 4.78 is 10.5. The van der Waals surface area contributed by atoms with Crippen LogP contribution in [0.25, 0.3) is 11.1 Å². The van der Waals surface area contributed by atoms with Crippen molar-refractivity contribution in [3.05, 3.63) is 47.0 Å². The molecule has 0 aromatic heterocycles. The van der Waals surface area contributed by atoms with Gasteiger partial charge in [0.2, 0.25) is 0 Å². The van der Waals surface area contributed by atoms with Crippen LogP contribution in [0, 0.1) is 6.92 Å². The molecule has 0 unspecified atom stereocenters. The maximum Gasteiger partial charge on any atom is 0.341 e. The van der Waals surface area contributed by atoms with Gasteiger partial charge in [-0.3, -0.25) is 0 Å². The predicted octanol–water partition coefficient (Wildman–Crippen LogP) is 3.82. The highest BCUT2D eigenvalue weighted by Crippen LogP contribution is 2.41. The van der Waals surface area contributed by atoms with E-state index in [0.717, 1.165) is 22.4 Å². The number of phenols is 1. The zero-order chi connectivity index (χ0) is 16.8. The van der Waals surface area contributed by atoms with Gasteiger partial charge in [0.1, 0.15) is 17.1 Å². The highest BCUT2D eigenvalue weighted by Gasteiger charge is 2.32. The van der Waals surface area contributed by atoms with E-state index in [1.165, 1.54) is 7.11 Å². The van der Waals surface area contributed by atoms with E-state index in [1.54, 1.807) is 13.0 Å². The van der Waals surface area contributed by atoms with Crippen LogP contribution in [0.4, 0.5) is 0 Å². The van der Waals surface area contributed by atoms with Gasteiger partial charge in [0.15, 0.2) is 0 Å². The predicted molar refractivity (Wildman–Crippen MR) is 88.1 cm³/mol. The smallest absolute Gasteiger partial charge is 0.341 e. The second kappa shape index (κ2) is 5.30. The molecular weight excluding hydrogens is 292 g/mol. The lowest BCUT2D eigenvalue weighted by molar-refractivity contribution is 0.0597. The van der Waals surface area contributed by atoms with Crippen LogP contribution < -0.4 is 4.74 Å². The number of fused-ring (bicyclic) bond motifs is 1. The van der Waals surface area contributed by atoms with Crippen molar-refractivity contribution in [2.75, 3.05) is 13.7 Å². The van der Waals surface area contributed by atoms with Crippen LogP contribution in [0.1, 0.15) is 35.3 Å². The van der Waals surface area contributed by atoms with Crippen LogP contribution in [0.5, 0.6) is 11.5 Å². The van der Waals surface area contributed by atoms with Crippen LogP contribution in [-0.2, 0) is 10.2 Å². The Labute approximate surface area is 135 Å². The molecule has 1 N–H and O–H groups in total. The number of benzene rings is 2. The van der Waals surface area contributed by atoms with Crippen molar-refractivity contribution in [3.63, 3.8) is 0 Å². The van der Waals surface area contributed by atoms with E-state index in [2.05, 4.69) is 19.9 Å². The minimum Gasteiger partial charge on any atom is -0.507 e. The molecule has 2 aromatic rings. The number of aryl methyl sites for hydroxylation is 1. The van der Waals surface area contributed by atoms with Gasteiger partial charge in [0, 0.05) is 11.0 Å². The van der Waals surface area contributed by atoms with E-state index >= 15 is 0 Å². The third kappa shape index (κ3) is 2.54. The van der Waals surface area contributed by atoms with E-state index in [4.69, 9.17) is 9.47 Å². The summed E-state index contributed by atoms with van der Waals surface area (Å²) in [6, 6.07) is 9.55. The van der Waals surface area contributed by atoms with Gasteiger partial charge in [-0.15, -0.1) is 0 Å². The third-order valence-electron chi connectivity index (χ3n) is 4.34. The number of methoxy groups -OCH3 is 1. The van der Waals surface area contributed by atoms with Crippen LogP contribution in [0.15, 0.2) is 30.3 Å². The summed E-state index contributed by atoms with van der Waals surface area (Å²) in [5, 5.41) is 10.1. The van der Waals surface area contributed by atoms with E-state index in [0.29, 0.717) is 12.2 Å². The van der Waals surface area contributed by atoms with Crippen molar-refractivity contribution in [3.8, 4) is 22.6 Å². The normalized spacial score (nSPS) is 15.0. The van der Waals surface area contributed by atoms with Crippen LogP contribution in [0.2, 0.25) is 0 Å². The van der Waals surface area contributed by atoms with Gasteiger partial charge in [-0.2, -0.15) is 0 Å². The molecule has 0 atom stereocenters. The number of esters is 1. The molecule has 1 aliphatic heterocycles. The first-order chi connectivity index (χ1) is 10.8. The Hall–Kier alpha value is -2.49. The number of rotatable bonds is 2. The largest absolute Gasteiger partial charge is 0.507 e. The lowest BCUT2D eigenvalue weighted by Gasteiger charge is -2.16. The molecule has 3 rings (SSSR count). The lowest BCUT2D eigenvalue weighted by Crippen LogP contribution is -2.18. The molecule has 0 fully saturated rings. The second-order valence-electron chi connectivity index (χ2n) is 6.56. The molecule has 4 nitrogen and oxygen atoms in total. The second-order valence-corrected chi connectivity index (χ2v) is 6.56. The molecule has 1 aliphatic rings. The zero-order valence-electron chi connectivity index (χ0n) is 13.8. The Balaban J connectivity index is 2.13. The molecule has 0 saturated heterocycles. The minimum atomic E-state index is -0.544. The molecule has 4 heteroatoms. The number of ether oxygens (including phenoxy) is 2. The summed E-state index contributed by atoms with van der Waals surface area (Å²) in [6.45, 7) is 6.72. The summed E-state index contributed by atoms with van der Waals surface area (Å²) in [5.41, 5.74) is 3.78. The van der Waals surface area contributed by atoms with Crippen molar-refractivity contribution < 1.29 is 19.4 Å². The Morgan fingerprint density at radius 3 is 2.65 bits per heavy atom. The average molecular weight is 312 g/mol. The molecule has 0 aliphatic carbocycles. The average Bonchev–Trinajstić information content (AvgIpc) is 2.84. The third-order valence-corrected chi connectivity index (χ3v) is 4.34.